The van der Waals surface area contributed by atoms with E-state index in [4.69, 9.17) is 0 Å². The van der Waals surface area contributed by atoms with Gasteiger partial charge in [-0.05, 0) is 38.0 Å². The first-order chi connectivity index (χ1) is 4.81. The molecule has 2 fully saturated rings. The Morgan fingerprint density at radius 3 is 2.50 bits per heavy atom. The van der Waals surface area contributed by atoms with Gasteiger partial charge in [0, 0.05) is 12.6 Å². The lowest BCUT2D eigenvalue weighted by Gasteiger charge is -2.46. The minimum atomic E-state index is 0.770. The smallest absolute Gasteiger partial charge is 0.00391 e. The highest BCUT2D eigenvalue weighted by Gasteiger charge is 2.38. The Bertz CT molecular complexity index is 117. The lowest BCUT2D eigenvalue weighted by Crippen LogP contribution is -2.47. The number of hydrogen-bond acceptors (Lipinski definition) is 1. The van der Waals surface area contributed by atoms with Crippen molar-refractivity contribution >= 4 is 0 Å². The summed E-state index contributed by atoms with van der Waals surface area (Å²) in [5.74, 6) is 0. The third kappa shape index (κ3) is 0.968. The topological polar surface area (TPSA) is 12.0 Å². The number of nitrogens with one attached hydrogen (secondary N) is 1. The van der Waals surface area contributed by atoms with Gasteiger partial charge in [0.2, 0.25) is 0 Å². The van der Waals surface area contributed by atoms with Gasteiger partial charge in [0.1, 0.15) is 0 Å². The molecule has 0 aromatic carbocycles. The van der Waals surface area contributed by atoms with Crippen molar-refractivity contribution in [2.45, 2.75) is 45.1 Å². The largest absolute Gasteiger partial charge is 0.314 e. The van der Waals surface area contributed by atoms with E-state index >= 15 is 0 Å². The summed E-state index contributed by atoms with van der Waals surface area (Å²) < 4.78 is 0. The van der Waals surface area contributed by atoms with Crippen LogP contribution < -0.4 is 5.32 Å². The monoisotopic (exact) mass is 139 g/mol. The first-order valence-electron chi connectivity index (χ1n) is 4.54. The molecule has 1 heterocycles. The maximum atomic E-state index is 3.57. The van der Waals surface area contributed by atoms with Crippen molar-refractivity contribution in [3.8, 4) is 0 Å². The molecule has 1 aliphatic carbocycles. The summed E-state index contributed by atoms with van der Waals surface area (Å²) in [5, 5.41) is 3.57. The third-order valence-corrected chi connectivity index (χ3v) is 3.35. The Labute approximate surface area is 63.2 Å². The molecule has 1 atom stereocenters. The maximum absolute atomic E-state index is 3.57. The molecule has 1 N–H and O–H groups in total. The maximum Gasteiger partial charge on any atom is 0.00391 e. The fraction of sp³-hybridized carbons (Fsp3) is 1.00. The number of piperidine rings is 1. The quantitative estimate of drug-likeness (QED) is 0.540. The molecule has 1 nitrogen and oxygen atoms in total. The summed E-state index contributed by atoms with van der Waals surface area (Å²) in [6.07, 6.45) is 7.36. The van der Waals surface area contributed by atoms with Gasteiger partial charge in [-0.3, -0.25) is 0 Å². The highest BCUT2D eigenvalue weighted by molar-refractivity contribution is 4.93. The van der Waals surface area contributed by atoms with Gasteiger partial charge in [-0.25, -0.2) is 0 Å². The molecule has 2 aliphatic rings. The molecule has 0 aromatic rings. The molecule has 0 amide bonds. The average Bonchev–Trinajstić information content (AvgIpc) is 1.86. The van der Waals surface area contributed by atoms with Gasteiger partial charge in [-0.2, -0.15) is 0 Å². The van der Waals surface area contributed by atoms with Crippen molar-refractivity contribution in [2.24, 2.45) is 5.41 Å². The molecule has 1 spiro atoms. The zero-order chi connectivity index (χ0) is 7.03. The summed E-state index contributed by atoms with van der Waals surface area (Å²) >= 11 is 0. The standard InChI is InChI=1S/C9H17N/c1-8-3-6-9(7-10-8)4-2-5-9/h8,10H,2-7H2,1H3. The van der Waals surface area contributed by atoms with Crippen molar-refractivity contribution < 1.29 is 0 Å². The van der Waals surface area contributed by atoms with Crippen molar-refractivity contribution in [3.05, 3.63) is 0 Å². The fourth-order valence-electron chi connectivity index (χ4n) is 2.21. The molecule has 1 aliphatic heterocycles. The molecule has 0 bridgehead atoms. The van der Waals surface area contributed by atoms with E-state index in [0.29, 0.717) is 0 Å². The lowest BCUT2D eigenvalue weighted by molar-refractivity contribution is 0.0795. The highest BCUT2D eigenvalue weighted by atomic mass is 14.9. The Hall–Kier alpha value is -0.0400. The van der Waals surface area contributed by atoms with Gasteiger partial charge in [-0.15, -0.1) is 0 Å². The minimum Gasteiger partial charge on any atom is -0.314 e. The van der Waals surface area contributed by atoms with Gasteiger partial charge in [0.05, 0.1) is 0 Å². The summed E-state index contributed by atoms with van der Waals surface area (Å²) in [4.78, 5) is 0. The second-order valence-corrected chi connectivity index (χ2v) is 4.17. The average molecular weight is 139 g/mol. The molecule has 10 heavy (non-hydrogen) atoms. The Morgan fingerprint density at radius 1 is 1.30 bits per heavy atom. The van der Waals surface area contributed by atoms with Gasteiger partial charge in [0.15, 0.2) is 0 Å². The first kappa shape index (κ1) is 6.66. The van der Waals surface area contributed by atoms with Crippen molar-refractivity contribution in [1.82, 2.24) is 5.32 Å². The SMILES string of the molecule is CC1CCC2(CCC2)CN1. The van der Waals surface area contributed by atoms with Crippen LogP contribution in [0.3, 0.4) is 0 Å². The lowest BCUT2D eigenvalue weighted by atomic mass is 9.64. The van der Waals surface area contributed by atoms with Crippen LogP contribution in [0.15, 0.2) is 0 Å². The first-order valence-corrected chi connectivity index (χ1v) is 4.54. The zero-order valence-corrected chi connectivity index (χ0v) is 6.82. The molecular weight excluding hydrogens is 122 g/mol. The number of rotatable bonds is 0. The van der Waals surface area contributed by atoms with Gasteiger partial charge < -0.3 is 5.32 Å². The van der Waals surface area contributed by atoms with Crippen LogP contribution in [-0.2, 0) is 0 Å². The molecular formula is C9H17N. The number of hydrogen-bond donors (Lipinski definition) is 1. The highest BCUT2D eigenvalue weighted by Crippen LogP contribution is 2.46. The van der Waals surface area contributed by atoms with Crippen LogP contribution in [0.4, 0.5) is 0 Å². The fourth-order valence-corrected chi connectivity index (χ4v) is 2.21. The van der Waals surface area contributed by atoms with Gasteiger partial charge in [-0.1, -0.05) is 6.42 Å². The van der Waals surface area contributed by atoms with Crippen molar-refractivity contribution in [3.63, 3.8) is 0 Å². The van der Waals surface area contributed by atoms with E-state index in [2.05, 4.69) is 12.2 Å². The van der Waals surface area contributed by atoms with Crippen LogP contribution in [0.5, 0.6) is 0 Å². The molecule has 2 rings (SSSR count). The van der Waals surface area contributed by atoms with E-state index in [0.717, 1.165) is 11.5 Å². The molecule has 0 radical (unpaired) electrons. The van der Waals surface area contributed by atoms with E-state index < -0.39 is 0 Å². The van der Waals surface area contributed by atoms with E-state index in [9.17, 15) is 0 Å². The minimum absolute atomic E-state index is 0.770. The summed E-state index contributed by atoms with van der Waals surface area (Å²) in [6.45, 7) is 3.60. The van der Waals surface area contributed by atoms with Gasteiger partial charge in [0.25, 0.3) is 0 Å². The molecule has 0 aromatic heterocycles. The predicted octanol–water partition coefficient (Wildman–Crippen LogP) is 1.93. The van der Waals surface area contributed by atoms with E-state index in [1.807, 2.05) is 0 Å². The van der Waals surface area contributed by atoms with Crippen LogP contribution in [0.25, 0.3) is 0 Å². The summed E-state index contributed by atoms with van der Waals surface area (Å²) in [5.41, 5.74) is 0.770. The van der Waals surface area contributed by atoms with Crippen LogP contribution >= 0.6 is 0 Å². The summed E-state index contributed by atoms with van der Waals surface area (Å²) in [7, 11) is 0. The van der Waals surface area contributed by atoms with Crippen LogP contribution in [0.1, 0.15) is 39.0 Å². The molecule has 1 saturated carbocycles. The van der Waals surface area contributed by atoms with E-state index in [1.54, 1.807) is 0 Å². The van der Waals surface area contributed by atoms with Crippen LogP contribution in [0.2, 0.25) is 0 Å². The molecule has 1 heteroatoms. The Kier molecular flexibility index (Phi) is 1.48. The Balaban J connectivity index is 1.90. The second-order valence-electron chi connectivity index (χ2n) is 4.17. The molecule has 1 saturated heterocycles. The van der Waals surface area contributed by atoms with Crippen molar-refractivity contribution in [2.75, 3.05) is 6.54 Å². The zero-order valence-electron chi connectivity index (χ0n) is 6.82. The van der Waals surface area contributed by atoms with E-state index in [-0.39, 0.29) is 0 Å². The van der Waals surface area contributed by atoms with Crippen LogP contribution in [-0.4, -0.2) is 12.6 Å². The Morgan fingerprint density at radius 2 is 2.10 bits per heavy atom. The third-order valence-electron chi connectivity index (χ3n) is 3.35. The van der Waals surface area contributed by atoms with Crippen LogP contribution in [0, 0.1) is 5.41 Å². The van der Waals surface area contributed by atoms with Crippen molar-refractivity contribution in [1.29, 1.82) is 0 Å². The normalized spacial score (nSPS) is 37.5. The summed E-state index contributed by atoms with van der Waals surface area (Å²) in [6, 6.07) is 0.784. The molecule has 1 unspecified atom stereocenters. The molecule has 58 valence electrons. The second kappa shape index (κ2) is 2.23. The van der Waals surface area contributed by atoms with Gasteiger partial charge >= 0.3 is 0 Å². The predicted molar refractivity (Wildman–Crippen MR) is 43.0 cm³/mol. The van der Waals surface area contributed by atoms with E-state index in [1.165, 1.54) is 38.6 Å².